The van der Waals surface area contributed by atoms with E-state index in [0.717, 1.165) is 10.0 Å². The molecule has 1 amide bonds. The SMILES string of the molecule is O=C(NCc1ccccc1Br)[C@H]1C[C@@H](O)CN1. The van der Waals surface area contributed by atoms with Crippen LogP contribution in [0.2, 0.25) is 0 Å². The molecule has 1 heterocycles. The quantitative estimate of drug-likeness (QED) is 0.773. The van der Waals surface area contributed by atoms with Gasteiger partial charge in [0.05, 0.1) is 12.1 Å². The summed E-state index contributed by atoms with van der Waals surface area (Å²) in [4.78, 5) is 11.8. The summed E-state index contributed by atoms with van der Waals surface area (Å²) in [5.41, 5.74) is 1.04. The van der Waals surface area contributed by atoms with E-state index in [0.29, 0.717) is 19.5 Å². The van der Waals surface area contributed by atoms with Crippen molar-refractivity contribution in [1.82, 2.24) is 10.6 Å². The zero-order valence-corrected chi connectivity index (χ0v) is 10.9. The molecule has 2 rings (SSSR count). The minimum Gasteiger partial charge on any atom is -0.392 e. The predicted molar refractivity (Wildman–Crippen MR) is 68.4 cm³/mol. The van der Waals surface area contributed by atoms with Crippen LogP contribution in [0, 0.1) is 0 Å². The van der Waals surface area contributed by atoms with Crippen LogP contribution in [0.25, 0.3) is 0 Å². The van der Waals surface area contributed by atoms with E-state index in [1.54, 1.807) is 0 Å². The number of rotatable bonds is 3. The number of amides is 1. The van der Waals surface area contributed by atoms with Crippen molar-refractivity contribution >= 4 is 21.8 Å². The zero-order valence-electron chi connectivity index (χ0n) is 9.32. The summed E-state index contributed by atoms with van der Waals surface area (Å²) in [5.74, 6) is -0.0581. The average Bonchev–Trinajstić information content (AvgIpc) is 2.74. The summed E-state index contributed by atoms with van der Waals surface area (Å²) in [5, 5.41) is 15.2. The highest BCUT2D eigenvalue weighted by Crippen LogP contribution is 2.15. The van der Waals surface area contributed by atoms with Crippen molar-refractivity contribution in [2.75, 3.05) is 6.54 Å². The Hall–Kier alpha value is -0.910. The minimum atomic E-state index is -0.408. The average molecular weight is 299 g/mol. The van der Waals surface area contributed by atoms with Gasteiger partial charge < -0.3 is 15.7 Å². The Labute approximate surface area is 109 Å². The fourth-order valence-corrected chi connectivity index (χ4v) is 2.29. The molecule has 3 N–H and O–H groups in total. The number of carbonyl (C=O) groups is 1. The van der Waals surface area contributed by atoms with E-state index in [4.69, 9.17) is 0 Å². The number of β-amino-alcohol motifs (C(OH)–C–C–N with tert-alkyl or cyclic N) is 1. The van der Waals surface area contributed by atoms with Gasteiger partial charge in [0.2, 0.25) is 5.91 Å². The van der Waals surface area contributed by atoms with Gasteiger partial charge in [-0.05, 0) is 18.1 Å². The first-order valence-electron chi connectivity index (χ1n) is 5.59. The Kier molecular flexibility index (Phi) is 4.15. The number of hydrogen-bond acceptors (Lipinski definition) is 3. The van der Waals surface area contributed by atoms with Crippen LogP contribution in [-0.2, 0) is 11.3 Å². The van der Waals surface area contributed by atoms with Crippen LogP contribution in [0.4, 0.5) is 0 Å². The molecular weight excluding hydrogens is 284 g/mol. The first-order valence-corrected chi connectivity index (χ1v) is 6.38. The van der Waals surface area contributed by atoms with Crippen LogP contribution < -0.4 is 10.6 Å². The first kappa shape index (κ1) is 12.5. The number of halogens is 1. The minimum absolute atomic E-state index is 0.0581. The molecule has 17 heavy (non-hydrogen) atoms. The maximum Gasteiger partial charge on any atom is 0.237 e. The molecule has 1 aliphatic rings. The molecule has 0 aliphatic carbocycles. The van der Waals surface area contributed by atoms with E-state index in [-0.39, 0.29) is 11.9 Å². The molecule has 5 heteroatoms. The molecule has 0 radical (unpaired) electrons. The van der Waals surface area contributed by atoms with E-state index in [2.05, 4.69) is 26.6 Å². The molecule has 1 saturated heterocycles. The normalized spacial score (nSPS) is 23.6. The van der Waals surface area contributed by atoms with Crippen molar-refractivity contribution in [1.29, 1.82) is 0 Å². The molecule has 92 valence electrons. The number of nitrogens with one attached hydrogen (secondary N) is 2. The molecule has 1 aliphatic heterocycles. The van der Waals surface area contributed by atoms with E-state index < -0.39 is 6.10 Å². The second-order valence-corrected chi connectivity index (χ2v) is 5.01. The van der Waals surface area contributed by atoms with Crippen molar-refractivity contribution in [2.45, 2.75) is 25.1 Å². The summed E-state index contributed by atoms with van der Waals surface area (Å²) >= 11 is 3.43. The summed E-state index contributed by atoms with van der Waals surface area (Å²) in [6, 6.07) is 7.50. The summed E-state index contributed by atoms with van der Waals surface area (Å²) in [7, 11) is 0. The van der Waals surface area contributed by atoms with Crippen LogP contribution in [0.3, 0.4) is 0 Å². The highest BCUT2D eigenvalue weighted by molar-refractivity contribution is 9.10. The maximum atomic E-state index is 11.8. The Morgan fingerprint density at radius 1 is 1.53 bits per heavy atom. The lowest BCUT2D eigenvalue weighted by atomic mass is 10.2. The Morgan fingerprint density at radius 2 is 2.29 bits per heavy atom. The zero-order chi connectivity index (χ0) is 12.3. The van der Waals surface area contributed by atoms with Gasteiger partial charge in [0.1, 0.15) is 0 Å². The van der Waals surface area contributed by atoms with Gasteiger partial charge in [-0.3, -0.25) is 4.79 Å². The van der Waals surface area contributed by atoms with Crippen LogP contribution in [0.1, 0.15) is 12.0 Å². The molecule has 1 aromatic carbocycles. The monoisotopic (exact) mass is 298 g/mol. The lowest BCUT2D eigenvalue weighted by Gasteiger charge is -2.11. The van der Waals surface area contributed by atoms with Crippen LogP contribution in [-0.4, -0.2) is 29.7 Å². The second-order valence-electron chi connectivity index (χ2n) is 4.16. The lowest BCUT2D eigenvalue weighted by Crippen LogP contribution is -2.40. The third kappa shape index (κ3) is 3.28. The molecule has 0 bridgehead atoms. The molecule has 0 aromatic heterocycles. The largest absolute Gasteiger partial charge is 0.392 e. The fraction of sp³-hybridized carbons (Fsp3) is 0.417. The van der Waals surface area contributed by atoms with Crippen LogP contribution in [0.5, 0.6) is 0 Å². The van der Waals surface area contributed by atoms with Gasteiger partial charge in [0.15, 0.2) is 0 Å². The topological polar surface area (TPSA) is 61.4 Å². The molecule has 0 saturated carbocycles. The Balaban J connectivity index is 1.86. The number of aliphatic hydroxyl groups is 1. The molecule has 4 nitrogen and oxygen atoms in total. The van der Waals surface area contributed by atoms with Crippen molar-refractivity contribution in [3.8, 4) is 0 Å². The fourth-order valence-electron chi connectivity index (χ4n) is 1.86. The van der Waals surface area contributed by atoms with E-state index in [1.807, 2.05) is 24.3 Å². The van der Waals surface area contributed by atoms with Gasteiger partial charge in [-0.15, -0.1) is 0 Å². The number of benzene rings is 1. The van der Waals surface area contributed by atoms with E-state index in [9.17, 15) is 9.90 Å². The molecule has 2 atom stereocenters. The number of hydrogen-bond donors (Lipinski definition) is 3. The predicted octanol–water partition coefficient (Wildman–Crippen LogP) is 0.788. The standard InChI is InChI=1S/C12H15BrN2O2/c13-10-4-2-1-3-8(10)6-15-12(17)11-5-9(16)7-14-11/h1-4,9,11,14,16H,5-7H2,(H,15,17)/t9-,11-/m1/s1. The van der Waals surface area contributed by atoms with Crippen LogP contribution >= 0.6 is 15.9 Å². The molecule has 1 aromatic rings. The summed E-state index contributed by atoms with van der Waals surface area (Å²) < 4.78 is 0.986. The third-order valence-electron chi connectivity index (χ3n) is 2.84. The van der Waals surface area contributed by atoms with Crippen molar-refractivity contribution in [2.24, 2.45) is 0 Å². The highest BCUT2D eigenvalue weighted by Gasteiger charge is 2.27. The highest BCUT2D eigenvalue weighted by atomic mass is 79.9. The van der Waals surface area contributed by atoms with E-state index >= 15 is 0 Å². The van der Waals surface area contributed by atoms with Gasteiger partial charge in [-0.25, -0.2) is 0 Å². The van der Waals surface area contributed by atoms with Crippen molar-refractivity contribution in [3.05, 3.63) is 34.3 Å². The third-order valence-corrected chi connectivity index (χ3v) is 3.61. The van der Waals surface area contributed by atoms with Crippen molar-refractivity contribution in [3.63, 3.8) is 0 Å². The van der Waals surface area contributed by atoms with Crippen molar-refractivity contribution < 1.29 is 9.90 Å². The van der Waals surface area contributed by atoms with E-state index in [1.165, 1.54) is 0 Å². The van der Waals surface area contributed by atoms with Gasteiger partial charge in [0.25, 0.3) is 0 Å². The number of carbonyl (C=O) groups excluding carboxylic acids is 1. The maximum absolute atomic E-state index is 11.8. The van der Waals surface area contributed by atoms with Gasteiger partial charge in [-0.2, -0.15) is 0 Å². The molecule has 0 spiro atoms. The van der Waals surface area contributed by atoms with Crippen LogP contribution in [0.15, 0.2) is 28.7 Å². The number of aliphatic hydroxyl groups excluding tert-OH is 1. The van der Waals surface area contributed by atoms with Gasteiger partial charge >= 0.3 is 0 Å². The first-order chi connectivity index (χ1) is 8.16. The molecule has 0 unspecified atom stereocenters. The summed E-state index contributed by atoms with van der Waals surface area (Å²) in [6.07, 6.45) is 0.0798. The lowest BCUT2D eigenvalue weighted by molar-refractivity contribution is -0.123. The Bertz CT molecular complexity index is 411. The summed E-state index contributed by atoms with van der Waals surface area (Å²) in [6.45, 7) is 0.988. The smallest absolute Gasteiger partial charge is 0.237 e. The van der Waals surface area contributed by atoms with Gasteiger partial charge in [0, 0.05) is 17.6 Å². The Morgan fingerprint density at radius 3 is 2.94 bits per heavy atom. The molecular formula is C12H15BrN2O2. The van der Waals surface area contributed by atoms with Gasteiger partial charge in [-0.1, -0.05) is 34.1 Å². The second kappa shape index (κ2) is 5.62. The molecule has 1 fully saturated rings.